The highest BCUT2D eigenvalue weighted by molar-refractivity contribution is 7.16. The number of nitrogens with zero attached hydrogens (tertiary/aromatic N) is 1. The lowest BCUT2D eigenvalue weighted by atomic mass is 10.2. The molecule has 0 aliphatic heterocycles. The number of benzene rings is 2. The van der Waals surface area contributed by atoms with Crippen LogP contribution in [0.1, 0.15) is 15.2 Å². The van der Waals surface area contributed by atoms with Gasteiger partial charge in [-0.05, 0) is 60.2 Å². The third-order valence-corrected chi connectivity index (χ3v) is 4.88. The normalized spacial score (nSPS) is 10.9. The summed E-state index contributed by atoms with van der Waals surface area (Å²) in [5, 5.41) is 20.8. The fourth-order valence-electron chi connectivity index (χ4n) is 2.39. The summed E-state index contributed by atoms with van der Waals surface area (Å²) >= 11 is 1.37. The fourth-order valence-corrected chi connectivity index (χ4v) is 3.34. The summed E-state index contributed by atoms with van der Waals surface area (Å²) in [6.45, 7) is 0. The van der Waals surface area contributed by atoms with Gasteiger partial charge in [-0.1, -0.05) is 12.1 Å². The summed E-state index contributed by atoms with van der Waals surface area (Å²) in [6.07, 6.45) is 1.47. The predicted molar refractivity (Wildman–Crippen MR) is 105 cm³/mol. The van der Waals surface area contributed by atoms with Crippen molar-refractivity contribution in [3.8, 4) is 16.5 Å². The van der Waals surface area contributed by atoms with Gasteiger partial charge in [-0.25, -0.2) is 9.18 Å². The van der Waals surface area contributed by atoms with Gasteiger partial charge in [0.05, 0.1) is 5.56 Å². The molecule has 28 heavy (non-hydrogen) atoms. The first-order valence-corrected chi connectivity index (χ1v) is 8.90. The van der Waals surface area contributed by atoms with Crippen molar-refractivity contribution < 1.29 is 19.1 Å². The molecule has 0 bridgehead atoms. The summed E-state index contributed by atoms with van der Waals surface area (Å²) in [4.78, 5) is 24.8. The molecule has 0 fully saturated rings. The van der Waals surface area contributed by atoms with Gasteiger partial charge in [-0.3, -0.25) is 4.79 Å². The van der Waals surface area contributed by atoms with E-state index in [0.717, 1.165) is 10.4 Å². The molecular formula is C21H13FN2O3S. The molecule has 0 unspecified atom stereocenters. The van der Waals surface area contributed by atoms with E-state index in [4.69, 9.17) is 5.11 Å². The number of nitriles is 1. The van der Waals surface area contributed by atoms with Gasteiger partial charge >= 0.3 is 5.97 Å². The van der Waals surface area contributed by atoms with Crippen molar-refractivity contribution in [3.05, 3.63) is 82.5 Å². The number of rotatable bonds is 5. The Morgan fingerprint density at radius 2 is 1.71 bits per heavy atom. The van der Waals surface area contributed by atoms with Gasteiger partial charge in [0.15, 0.2) is 0 Å². The average Bonchev–Trinajstić information content (AvgIpc) is 3.15. The van der Waals surface area contributed by atoms with E-state index in [1.165, 1.54) is 53.8 Å². The number of thiophene rings is 1. The number of anilines is 1. The lowest BCUT2D eigenvalue weighted by Gasteiger charge is -2.04. The smallest absolute Gasteiger partial charge is 0.335 e. The number of carbonyl (C=O) groups is 2. The molecule has 0 atom stereocenters. The zero-order valence-electron chi connectivity index (χ0n) is 14.3. The number of halogens is 1. The maximum Gasteiger partial charge on any atom is 0.335 e. The third-order valence-electron chi connectivity index (χ3n) is 3.80. The highest BCUT2D eigenvalue weighted by atomic mass is 32.1. The molecule has 0 saturated carbocycles. The number of aromatic carboxylic acids is 1. The van der Waals surface area contributed by atoms with Crippen LogP contribution in [0.4, 0.5) is 10.1 Å². The van der Waals surface area contributed by atoms with E-state index < -0.39 is 11.9 Å². The lowest BCUT2D eigenvalue weighted by Crippen LogP contribution is -2.13. The van der Waals surface area contributed by atoms with Crippen molar-refractivity contribution in [2.45, 2.75) is 0 Å². The van der Waals surface area contributed by atoms with E-state index >= 15 is 0 Å². The first-order chi connectivity index (χ1) is 13.5. The molecule has 7 heteroatoms. The maximum atomic E-state index is 13.0. The molecule has 1 amide bonds. The van der Waals surface area contributed by atoms with Crippen LogP contribution in [0.5, 0.6) is 0 Å². The third kappa shape index (κ3) is 4.50. The first kappa shape index (κ1) is 19.0. The molecule has 3 rings (SSSR count). The molecule has 3 aromatic rings. The van der Waals surface area contributed by atoms with Crippen LogP contribution in [0.25, 0.3) is 16.5 Å². The Labute approximate surface area is 164 Å². The van der Waals surface area contributed by atoms with Crippen LogP contribution >= 0.6 is 11.3 Å². The van der Waals surface area contributed by atoms with Gasteiger partial charge < -0.3 is 10.4 Å². The average molecular weight is 392 g/mol. The second-order valence-electron chi connectivity index (χ2n) is 5.72. The topological polar surface area (TPSA) is 90.2 Å². The van der Waals surface area contributed by atoms with Crippen LogP contribution in [-0.4, -0.2) is 17.0 Å². The number of hydrogen-bond acceptors (Lipinski definition) is 4. The van der Waals surface area contributed by atoms with Gasteiger partial charge in [0.2, 0.25) is 0 Å². The second-order valence-corrected chi connectivity index (χ2v) is 6.83. The molecule has 1 heterocycles. The van der Waals surface area contributed by atoms with Crippen LogP contribution in [0.15, 0.2) is 66.2 Å². The molecule has 0 saturated heterocycles. The zero-order chi connectivity index (χ0) is 20.1. The molecule has 0 aliphatic carbocycles. The van der Waals surface area contributed by atoms with E-state index in [0.29, 0.717) is 10.6 Å². The Morgan fingerprint density at radius 1 is 1.04 bits per heavy atom. The Bertz CT molecular complexity index is 1090. The second kappa shape index (κ2) is 8.29. The van der Waals surface area contributed by atoms with E-state index in [1.54, 1.807) is 18.2 Å². The van der Waals surface area contributed by atoms with Crippen LogP contribution in [0.3, 0.4) is 0 Å². The van der Waals surface area contributed by atoms with Crippen molar-refractivity contribution in [2.75, 3.05) is 5.32 Å². The number of carboxylic acids is 1. The molecule has 2 N–H and O–H groups in total. The number of amides is 1. The van der Waals surface area contributed by atoms with Gasteiger partial charge in [-0.15, -0.1) is 11.3 Å². The van der Waals surface area contributed by atoms with Gasteiger partial charge in [0.25, 0.3) is 5.91 Å². The van der Waals surface area contributed by atoms with Gasteiger partial charge in [0.1, 0.15) is 17.5 Å². The Hall–Kier alpha value is -3.76. The largest absolute Gasteiger partial charge is 0.478 e. The number of carbonyl (C=O) groups excluding carboxylic acids is 1. The minimum atomic E-state index is -1.06. The summed E-state index contributed by atoms with van der Waals surface area (Å²) in [5.74, 6) is -1.98. The minimum Gasteiger partial charge on any atom is -0.478 e. The molecule has 0 aliphatic rings. The van der Waals surface area contributed by atoms with Crippen LogP contribution in [-0.2, 0) is 4.79 Å². The van der Waals surface area contributed by atoms with Crippen molar-refractivity contribution in [1.82, 2.24) is 0 Å². The first-order valence-electron chi connectivity index (χ1n) is 8.08. The van der Waals surface area contributed by atoms with Crippen LogP contribution in [0.2, 0.25) is 0 Å². The molecule has 1 aromatic heterocycles. The Balaban J connectivity index is 1.76. The standard InChI is InChI=1S/C21H13FN2O3S/c22-16-5-1-13(2-6-16)19-10-9-18(28-19)11-15(12-23)20(25)24-17-7-3-14(4-8-17)21(26)27/h1-11H,(H,24,25)(H,26,27)/b15-11+. The van der Waals surface area contributed by atoms with Gasteiger partial charge in [-0.2, -0.15) is 5.26 Å². The highest BCUT2D eigenvalue weighted by Crippen LogP contribution is 2.29. The van der Waals surface area contributed by atoms with Crippen molar-refractivity contribution in [1.29, 1.82) is 5.26 Å². The molecule has 138 valence electrons. The summed E-state index contributed by atoms with van der Waals surface area (Å²) in [6, 6.07) is 17.2. The van der Waals surface area contributed by atoms with E-state index in [-0.39, 0.29) is 17.0 Å². The summed E-state index contributed by atoms with van der Waals surface area (Å²) in [5.41, 5.74) is 1.23. The molecule has 5 nitrogen and oxygen atoms in total. The van der Waals surface area contributed by atoms with Crippen molar-refractivity contribution >= 4 is 35.0 Å². The van der Waals surface area contributed by atoms with Crippen molar-refractivity contribution in [3.63, 3.8) is 0 Å². The van der Waals surface area contributed by atoms with E-state index in [1.807, 2.05) is 12.1 Å². The number of hydrogen-bond donors (Lipinski definition) is 2. The number of nitrogens with one attached hydrogen (secondary N) is 1. The van der Waals surface area contributed by atoms with Crippen molar-refractivity contribution in [2.24, 2.45) is 0 Å². The SMILES string of the molecule is N#C/C(=C\c1ccc(-c2ccc(F)cc2)s1)C(=O)Nc1ccc(C(=O)O)cc1. The van der Waals surface area contributed by atoms with Gasteiger partial charge in [0, 0.05) is 15.4 Å². The summed E-state index contributed by atoms with van der Waals surface area (Å²) < 4.78 is 13.0. The molecule has 0 radical (unpaired) electrons. The highest BCUT2D eigenvalue weighted by Gasteiger charge is 2.11. The molecular weight excluding hydrogens is 379 g/mol. The minimum absolute atomic E-state index is 0.0881. The predicted octanol–water partition coefficient (Wildman–Crippen LogP) is 4.80. The Morgan fingerprint density at radius 3 is 2.32 bits per heavy atom. The molecule has 0 spiro atoms. The van der Waals surface area contributed by atoms with E-state index in [2.05, 4.69) is 5.32 Å². The zero-order valence-corrected chi connectivity index (χ0v) is 15.2. The Kier molecular flexibility index (Phi) is 5.63. The number of carboxylic acid groups (broad SMARTS) is 1. The monoisotopic (exact) mass is 392 g/mol. The lowest BCUT2D eigenvalue weighted by molar-refractivity contribution is -0.112. The van der Waals surface area contributed by atoms with Crippen LogP contribution < -0.4 is 5.32 Å². The molecule has 2 aromatic carbocycles. The quantitative estimate of drug-likeness (QED) is 0.482. The maximum absolute atomic E-state index is 13.0. The van der Waals surface area contributed by atoms with E-state index in [9.17, 15) is 19.2 Å². The fraction of sp³-hybridized carbons (Fsp3) is 0. The summed E-state index contributed by atoms with van der Waals surface area (Å²) in [7, 11) is 0. The van der Waals surface area contributed by atoms with Crippen LogP contribution in [0, 0.1) is 17.1 Å².